The first-order chi connectivity index (χ1) is 9.92. The van der Waals surface area contributed by atoms with Crippen LogP contribution in [-0.2, 0) is 19.5 Å². The second-order valence-electron chi connectivity index (χ2n) is 4.80. The van der Waals surface area contributed by atoms with Gasteiger partial charge in [-0.2, -0.15) is 8.75 Å². The summed E-state index contributed by atoms with van der Waals surface area (Å²) in [5, 5.41) is 0. The lowest BCUT2D eigenvalue weighted by molar-refractivity contribution is -0.0460. The van der Waals surface area contributed by atoms with E-state index in [0.29, 0.717) is 11.0 Å². The zero-order valence-electron chi connectivity index (χ0n) is 12.0. The highest BCUT2D eigenvalue weighted by Gasteiger charge is 2.28. The molecule has 9 heteroatoms. The normalized spacial score (nSPS) is 15.2. The highest BCUT2D eigenvalue weighted by molar-refractivity contribution is 7.89. The lowest BCUT2D eigenvalue weighted by Gasteiger charge is -2.27. The molecule has 0 amide bonds. The van der Waals surface area contributed by atoms with E-state index in [1.54, 1.807) is 19.1 Å². The molecule has 0 aliphatic rings. The lowest BCUT2D eigenvalue weighted by Crippen LogP contribution is -2.45. The summed E-state index contributed by atoms with van der Waals surface area (Å²) in [7, 11) is -0.652. The Morgan fingerprint density at radius 2 is 2.10 bits per heavy atom. The summed E-state index contributed by atoms with van der Waals surface area (Å²) in [5.74, 6) is 0. The van der Waals surface area contributed by atoms with Gasteiger partial charge < -0.3 is 9.47 Å². The molecule has 0 saturated carbocycles. The van der Waals surface area contributed by atoms with Gasteiger partial charge in [0.2, 0.25) is 10.0 Å². The van der Waals surface area contributed by atoms with Crippen LogP contribution in [0.5, 0.6) is 0 Å². The third kappa shape index (κ3) is 3.55. The Kier molecular flexibility index (Phi) is 4.89. The Bertz CT molecular complexity index is 716. The minimum atomic E-state index is -3.70. The lowest BCUT2D eigenvalue weighted by atomic mass is 10.1. The zero-order chi connectivity index (χ0) is 15.5. The molecule has 1 aromatic carbocycles. The minimum Gasteiger partial charge on any atom is -0.382 e. The van der Waals surface area contributed by atoms with Crippen molar-refractivity contribution >= 4 is 32.8 Å². The summed E-state index contributed by atoms with van der Waals surface area (Å²) in [6, 6.07) is 4.87. The van der Waals surface area contributed by atoms with Crippen molar-refractivity contribution in [1.29, 1.82) is 0 Å². The summed E-state index contributed by atoms with van der Waals surface area (Å²) >= 11 is 0.983. The molecule has 1 atom stereocenters. The average Bonchev–Trinajstić information content (AvgIpc) is 2.94. The Morgan fingerprint density at radius 1 is 1.33 bits per heavy atom. The monoisotopic (exact) mass is 331 g/mol. The molecular formula is C12H17N3O4S2. The van der Waals surface area contributed by atoms with Crippen molar-refractivity contribution in [3.63, 3.8) is 0 Å². The van der Waals surface area contributed by atoms with Gasteiger partial charge in [0.1, 0.15) is 21.5 Å². The summed E-state index contributed by atoms with van der Waals surface area (Å²) in [6.45, 7) is 2.13. The SMILES string of the molecule is COC[C@@](C)(CNS(=O)(=O)c1cccc2nsnc12)OC. The smallest absolute Gasteiger partial charge is 0.242 e. The van der Waals surface area contributed by atoms with Crippen LogP contribution in [-0.4, -0.2) is 50.1 Å². The van der Waals surface area contributed by atoms with Gasteiger partial charge in [-0.1, -0.05) is 6.07 Å². The summed E-state index contributed by atoms with van der Waals surface area (Å²) < 4.78 is 45.9. The van der Waals surface area contributed by atoms with Gasteiger partial charge in [0.15, 0.2) is 0 Å². The van der Waals surface area contributed by atoms with Gasteiger partial charge in [0.25, 0.3) is 0 Å². The Morgan fingerprint density at radius 3 is 2.76 bits per heavy atom. The molecule has 7 nitrogen and oxygen atoms in total. The van der Waals surface area contributed by atoms with E-state index in [1.807, 2.05) is 0 Å². The third-order valence-corrected chi connectivity index (χ3v) is 5.09. The Labute approximate surface area is 127 Å². The fourth-order valence-corrected chi connectivity index (χ4v) is 3.73. The molecular weight excluding hydrogens is 314 g/mol. The number of methoxy groups -OCH3 is 2. The molecule has 2 rings (SSSR count). The van der Waals surface area contributed by atoms with Gasteiger partial charge in [-0.25, -0.2) is 13.1 Å². The van der Waals surface area contributed by atoms with Crippen molar-refractivity contribution in [3.8, 4) is 0 Å². The van der Waals surface area contributed by atoms with Crippen molar-refractivity contribution in [2.45, 2.75) is 17.4 Å². The third-order valence-electron chi connectivity index (χ3n) is 3.12. The molecule has 0 aliphatic carbocycles. The van der Waals surface area contributed by atoms with E-state index in [-0.39, 0.29) is 18.0 Å². The van der Waals surface area contributed by atoms with Crippen LogP contribution in [0.4, 0.5) is 0 Å². The first-order valence-corrected chi connectivity index (χ1v) is 8.38. The molecule has 0 spiro atoms. The largest absolute Gasteiger partial charge is 0.382 e. The van der Waals surface area contributed by atoms with Crippen LogP contribution in [0.3, 0.4) is 0 Å². The molecule has 1 aromatic heterocycles. The fraction of sp³-hybridized carbons (Fsp3) is 0.500. The predicted octanol–water partition coefficient (Wildman–Crippen LogP) is 1.02. The molecule has 1 heterocycles. The average molecular weight is 331 g/mol. The maximum absolute atomic E-state index is 12.4. The van der Waals surface area contributed by atoms with Crippen LogP contribution < -0.4 is 4.72 Å². The highest BCUT2D eigenvalue weighted by Crippen LogP contribution is 2.21. The number of hydrogen-bond acceptors (Lipinski definition) is 7. The van der Waals surface area contributed by atoms with Crippen molar-refractivity contribution in [3.05, 3.63) is 18.2 Å². The predicted molar refractivity (Wildman–Crippen MR) is 79.9 cm³/mol. The van der Waals surface area contributed by atoms with E-state index in [9.17, 15) is 8.42 Å². The van der Waals surface area contributed by atoms with Crippen molar-refractivity contribution in [2.24, 2.45) is 0 Å². The Hall–Kier alpha value is -1.13. The van der Waals surface area contributed by atoms with Gasteiger partial charge in [0.05, 0.1) is 18.3 Å². The van der Waals surface area contributed by atoms with E-state index in [2.05, 4.69) is 13.5 Å². The number of sulfonamides is 1. The molecule has 0 bridgehead atoms. The van der Waals surface area contributed by atoms with Gasteiger partial charge in [-0.15, -0.1) is 0 Å². The number of benzene rings is 1. The quantitative estimate of drug-likeness (QED) is 0.815. The molecule has 0 fully saturated rings. The fourth-order valence-electron chi connectivity index (χ4n) is 1.81. The number of nitrogens with one attached hydrogen (secondary N) is 1. The summed E-state index contributed by atoms with van der Waals surface area (Å²) in [6.07, 6.45) is 0. The molecule has 0 radical (unpaired) electrons. The molecule has 2 aromatic rings. The first-order valence-electron chi connectivity index (χ1n) is 6.17. The topological polar surface area (TPSA) is 90.4 Å². The van der Waals surface area contributed by atoms with E-state index >= 15 is 0 Å². The molecule has 21 heavy (non-hydrogen) atoms. The van der Waals surface area contributed by atoms with Gasteiger partial charge in [-0.05, 0) is 19.1 Å². The maximum atomic E-state index is 12.4. The van der Waals surface area contributed by atoms with Crippen LogP contribution in [0.15, 0.2) is 23.1 Å². The number of ether oxygens (including phenoxy) is 2. The molecule has 0 saturated heterocycles. The van der Waals surface area contributed by atoms with Crippen LogP contribution in [0.1, 0.15) is 6.92 Å². The van der Waals surface area contributed by atoms with Crippen LogP contribution >= 0.6 is 11.7 Å². The highest BCUT2D eigenvalue weighted by atomic mass is 32.2. The Balaban J connectivity index is 2.25. The number of hydrogen-bond donors (Lipinski definition) is 1. The van der Waals surface area contributed by atoms with Crippen molar-refractivity contribution in [1.82, 2.24) is 13.5 Å². The molecule has 0 unspecified atom stereocenters. The molecule has 0 aliphatic heterocycles. The summed E-state index contributed by atoms with van der Waals surface area (Å²) in [4.78, 5) is 0.115. The number of aromatic nitrogens is 2. The van der Waals surface area contributed by atoms with Gasteiger partial charge >= 0.3 is 0 Å². The standard InChI is InChI=1S/C12H17N3O4S2/c1-12(19-3,8-18-2)7-13-21(16,17)10-6-4-5-9-11(10)15-20-14-9/h4-6,13H,7-8H2,1-3H3/t12-/m1/s1. The van der Waals surface area contributed by atoms with Crippen LogP contribution in [0.2, 0.25) is 0 Å². The second kappa shape index (κ2) is 6.32. The van der Waals surface area contributed by atoms with Crippen molar-refractivity contribution in [2.75, 3.05) is 27.4 Å². The van der Waals surface area contributed by atoms with Crippen LogP contribution in [0, 0.1) is 0 Å². The van der Waals surface area contributed by atoms with E-state index in [0.717, 1.165) is 11.7 Å². The van der Waals surface area contributed by atoms with E-state index < -0.39 is 15.6 Å². The second-order valence-corrected chi connectivity index (χ2v) is 7.06. The minimum absolute atomic E-state index is 0.0909. The first kappa shape index (κ1) is 16.2. The zero-order valence-corrected chi connectivity index (χ0v) is 13.6. The van der Waals surface area contributed by atoms with Crippen molar-refractivity contribution < 1.29 is 17.9 Å². The molecule has 1 N–H and O–H groups in total. The van der Waals surface area contributed by atoms with E-state index in [4.69, 9.17) is 9.47 Å². The molecule has 116 valence electrons. The van der Waals surface area contributed by atoms with Crippen LogP contribution in [0.25, 0.3) is 11.0 Å². The summed E-state index contributed by atoms with van der Waals surface area (Å²) in [5.41, 5.74) is 0.200. The maximum Gasteiger partial charge on any atom is 0.242 e. The van der Waals surface area contributed by atoms with E-state index in [1.165, 1.54) is 20.3 Å². The number of nitrogens with zero attached hydrogens (tertiary/aromatic N) is 2. The number of rotatable bonds is 7. The van der Waals surface area contributed by atoms with Gasteiger partial charge in [-0.3, -0.25) is 0 Å². The van der Waals surface area contributed by atoms with Gasteiger partial charge in [0, 0.05) is 20.8 Å². The number of fused-ring (bicyclic) bond motifs is 1.